The Balaban J connectivity index is 2.06. The lowest BCUT2D eigenvalue weighted by Crippen LogP contribution is -1.94. The summed E-state index contributed by atoms with van der Waals surface area (Å²) in [7, 11) is 0. The van der Waals surface area contributed by atoms with Gasteiger partial charge in [-0.05, 0) is 24.3 Å². The highest BCUT2D eigenvalue weighted by molar-refractivity contribution is 5.76. The normalized spacial score (nSPS) is 20.9. The number of anilines is 1. The van der Waals surface area contributed by atoms with Crippen LogP contribution in [0.4, 0.5) is 5.88 Å². The summed E-state index contributed by atoms with van der Waals surface area (Å²) in [6, 6.07) is 8.33. The van der Waals surface area contributed by atoms with E-state index in [-0.39, 0.29) is 0 Å². The molecule has 0 aliphatic heterocycles. The minimum atomic E-state index is 0.322. The topological polar surface area (TPSA) is 52.0 Å². The van der Waals surface area contributed by atoms with Gasteiger partial charge in [0.05, 0.1) is 11.3 Å². The molecular formula is C15H18N2O. The van der Waals surface area contributed by atoms with Crippen LogP contribution in [0, 0.1) is 12.3 Å². The molecule has 3 heteroatoms. The quantitative estimate of drug-likeness (QED) is 0.872. The van der Waals surface area contributed by atoms with Crippen molar-refractivity contribution in [3.05, 3.63) is 35.5 Å². The summed E-state index contributed by atoms with van der Waals surface area (Å²) in [5, 5.41) is 4.17. The highest BCUT2D eigenvalue weighted by Gasteiger charge is 2.49. The van der Waals surface area contributed by atoms with Gasteiger partial charge < -0.3 is 10.3 Å². The Labute approximate surface area is 107 Å². The number of nitrogens with two attached hydrogens (primary N) is 1. The number of hydrogen-bond donors (Lipinski definition) is 1. The zero-order valence-corrected chi connectivity index (χ0v) is 11.0. The van der Waals surface area contributed by atoms with Gasteiger partial charge in [-0.15, -0.1) is 0 Å². The summed E-state index contributed by atoms with van der Waals surface area (Å²) in [5.41, 5.74) is 10.6. The molecule has 18 heavy (non-hydrogen) atoms. The fourth-order valence-corrected chi connectivity index (χ4v) is 2.50. The largest absolute Gasteiger partial charge is 0.367 e. The van der Waals surface area contributed by atoms with Crippen LogP contribution in [0.3, 0.4) is 0 Å². The van der Waals surface area contributed by atoms with Crippen molar-refractivity contribution < 1.29 is 4.52 Å². The second-order valence-electron chi connectivity index (χ2n) is 5.92. The second kappa shape index (κ2) is 3.61. The Bertz CT molecular complexity index is 581. The van der Waals surface area contributed by atoms with Crippen molar-refractivity contribution in [1.29, 1.82) is 0 Å². The van der Waals surface area contributed by atoms with E-state index in [9.17, 15) is 0 Å². The van der Waals surface area contributed by atoms with E-state index in [1.807, 2.05) is 0 Å². The Morgan fingerprint density at radius 2 is 1.89 bits per heavy atom. The Morgan fingerprint density at radius 3 is 2.44 bits per heavy atom. The highest BCUT2D eigenvalue weighted by Crippen LogP contribution is 2.60. The fourth-order valence-electron chi connectivity index (χ4n) is 2.50. The van der Waals surface area contributed by atoms with E-state index in [0.29, 0.717) is 17.2 Å². The van der Waals surface area contributed by atoms with Crippen LogP contribution >= 0.6 is 0 Å². The van der Waals surface area contributed by atoms with Crippen molar-refractivity contribution in [1.82, 2.24) is 5.16 Å². The predicted octanol–water partition coefficient (Wildman–Crippen LogP) is 3.75. The van der Waals surface area contributed by atoms with E-state index in [1.54, 1.807) is 0 Å². The molecule has 1 fully saturated rings. The van der Waals surface area contributed by atoms with E-state index in [4.69, 9.17) is 10.3 Å². The maximum atomic E-state index is 5.94. The zero-order chi connectivity index (χ0) is 12.9. The molecule has 0 spiro atoms. The molecule has 0 bridgehead atoms. The molecule has 1 aromatic carbocycles. The van der Waals surface area contributed by atoms with Crippen LogP contribution in [0.25, 0.3) is 11.1 Å². The number of aromatic nitrogens is 1. The molecule has 1 unspecified atom stereocenters. The molecule has 2 N–H and O–H groups in total. The van der Waals surface area contributed by atoms with E-state index in [0.717, 1.165) is 23.2 Å². The van der Waals surface area contributed by atoms with E-state index < -0.39 is 0 Å². The van der Waals surface area contributed by atoms with Gasteiger partial charge in [0.2, 0.25) is 5.88 Å². The van der Waals surface area contributed by atoms with Crippen molar-refractivity contribution in [2.45, 2.75) is 33.1 Å². The van der Waals surface area contributed by atoms with Gasteiger partial charge in [-0.2, -0.15) is 0 Å². The summed E-state index contributed by atoms with van der Waals surface area (Å²) < 4.78 is 5.20. The molecule has 1 aliphatic rings. The zero-order valence-electron chi connectivity index (χ0n) is 11.0. The number of hydrogen-bond acceptors (Lipinski definition) is 3. The molecule has 0 saturated heterocycles. The van der Waals surface area contributed by atoms with Crippen LogP contribution in [0.5, 0.6) is 0 Å². The molecule has 3 rings (SSSR count). The van der Waals surface area contributed by atoms with Crippen LogP contribution in [-0.4, -0.2) is 5.16 Å². The van der Waals surface area contributed by atoms with Crippen molar-refractivity contribution in [2.75, 3.05) is 5.73 Å². The SMILES string of the molecule is Cc1ccc(-c2c(C3CC3(C)C)noc2N)cc1. The lowest BCUT2D eigenvalue weighted by atomic mass is 9.99. The number of nitrogens with zero attached hydrogens (tertiary/aromatic N) is 1. The summed E-state index contributed by atoms with van der Waals surface area (Å²) >= 11 is 0. The number of benzene rings is 1. The summed E-state index contributed by atoms with van der Waals surface area (Å²) in [6.45, 7) is 6.58. The van der Waals surface area contributed by atoms with Gasteiger partial charge in [0, 0.05) is 5.92 Å². The van der Waals surface area contributed by atoms with E-state index >= 15 is 0 Å². The molecule has 1 saturated carbocycles. The van der Waals surface area contributed by atoms with Crippen molar-refractivity contribution in [3.63, 3.8) is 0 Å². The van der Waals surface area contributed by atoms with Crippen LogP contribution in [0.2, 0.25) is 0 Å². The van der Waals surface area contributed by atoms with Gasteiger partial charge in [0.25, 0.3) is 0 Å². The molecule has 2 aromatic rings. The molecule has 0 radical (unpaired) electrons. The Morgan fingerprint density at radius 1 is 1.28 bits per heavy atom. The van der Waals surface area contributed by atoms with Gasteiger partial charge in [-0.1, -0.05) is 48.8 Å². The lowest BCUT2D eigenvalue weighted by Gasteiger charge is -2.04. The Kier molecular flexibility index (Phi) is 2.27. The van der Waals surface area contributed by atoms with Gasteiger partial charge in [0.15, 0.2) is 0 Å². The van der Waals surface area contributed by atoms with Crippen LogP contribution < -0.4 is 5.73 Å². The van der Waals surface area contributed by atoms with Crippen molar-refractivity contribution in [2.24, 2.45) is 5.41 Å². The lowest BCUT2D eigenvalue weighted by molar-refractivity contribution is 0.424. The third kappa shape index (κ3) is 1.70. The second-order valence-corrected chi connectivity index (χ2v) is 5.92. The van der Waals surface area contributed by atoms with Crippen LogP contribution in [0.15, 0.2) is 28.8 Å². The van der Waals surface area contributed by atoms with Crippen LogP contribution in [0.1, 0.15) is 37.4 Å². The maximum absolute atomic E-state index is 5.94. The number of rotatable bonds is 2. The number of nitrogen functional groups attached to an aromatic ring is 1. The first-order chi connectivity index (χ1) is 8.49. The molecule has 1 aromatic heterocycles. The number of aryl methyl sites for hydroxylation is 1. The maximum Gasteiger partial charge on any atom is 0.230 e. The predicted molar refractivity (Wildman–Crippen MR) is 72.2 cm³/mol. The fraction of sp³-hybridized carbons (Fsp3) is 0.400. The minimum Gasteiger partial charge on any atom is -0.367 e. The van der Waals surface area contributed by atoms with Crippen LogP contribution in [-0.2, 0) is 0 Å². The van der Waals surface area contributed by atoms with Crippen molar-refractivity contribution >= 4 is 5.88 Å². The van der Waals surface area contributed by atoms with Gasteiger partial charge in [-0.25, -0.2) is 0 Å². The van der Waals surface area contributed by atoms with E-state index in [1.165, 1.54) is 5.56 Å². The molecule has 94 valence electrons. The average molecular weight is 242 g/mol. The molecule has 3 nitrogen and oxygen atoms in total. The van der Waals surface area contributed by atoms with E-state index in [2.05, 4.69) is 50.2 Å². The first-order valence-electron chi connectivity index (χ1n) is 6.31. The summed E-state index contributed by atoms with van der Waals surface area (Å²) in [4.78, 5) is 0. The highest BCUT2D eigenvalue weighted by atomic mass is 16.5. The first kappa shape index (κ1) is 11.3. The summed E-state index contributed by atoms with van der Waals surface area (Å²) in [5.74, 6) is 0.895. The third-order valence-corrected chi connectivity index (χ3v) is 3.93. The Hall–Kier alpha value is -1.77. The summed E-state index contributed by atoms with van der Waals surface area (Å²) in [6.07, 6.45) is 1.15. The molecule has 0 amide bonds. The molecular weight excluding hydrogens is 224 g/mol. The minimum absolute atomic E-state index is 0.322. The smallest absolute Gasteiger partial charge is 0.230 e. The monoisotopic (exact) mass is 242 g/mol. The van der Waals surface area contributed by atoms with Gasteiger partial charge >= 0.3 is 0 Å². The third-order valence-electron chi connectivity index (χ3n) is 3.93. The van der Waals surface area contributed by atoms with Gasteiger partial charge in [-0.3, -0.25) is 0 Å². The van der Waals surface area contributed by atoms with Crippen molar-refractivity contribution in [3.8, 4) is 11.1 Å². The molecule has 1 aliphatic carbocycles. The van der Waals surface area contributed by atoms with Gasteiger partial charge in [0.1, 0.15) is 0 Å². The first-order valence-corrected chi connectivity index (χ1v) is 6.31. The average Bonchev–Trinajstić information content (AvgIpc) is 2.78. The molecule has 1 heterocycles. The standard InChI is InChI=1S/C15H18N2O/c1-9-4-6-10(7-5-9)12-13(17-18-14(12)16)11-8-15(11,2)3/h4-7,11H,8,16H2,1-3H3. The molecule has 1 atom stereocenters.